The molecule has 1 aliphatic heterocycles. The first-order chi connectivity index (χ1) is 14.0. The molecule has 0 unspecified atom stereocenters. The summed E-state index contributed by atoms with van der Waals surface area (Å²) in [5.41, 5.74) is 2.91. The molecule has 0 radical (unpaired) electrons. The normalized spacial score (nSPS) is 13.3. The van der Waals surface area contributed by atoms with Gasteiger partial charge >= 0.3 is 0 Å². The van der Waals surface area contributed by atoms with Crippen LogP contribution in [0.2, 0.25) is 0 Å². The molecule has 0 atom stereocenters. The van der Waals surface area contributed by atoms with Crippen molar-refractivity contribution in [1.29, 1.82) is 0 Å². The summed E-state index contributed by atoms with van der Waals surface area (Å²) < 4.78 is 31.3. The molecule has 0 saturated carbocycles. The van der Waals surface area contributed by atoms with Crippen LogP contribution in [-0.4, -0.2) is 23.8 Å². The lowest BCUT2D eigenvalue weighted by atomic mass is 10.0. The highest BCUT2D eigenvalue weighted by Gasteiger charge is 2.29. The van der Waals surface area contributed by atoms with Crippen LogP contribution in [0.25, 0.3) is 22.0 Å². The van der Waals surface area contributed by atoms with Crippen LogP contribution in [0.15, 0.2) is 54.9 Å². The SMILES string of the molecule is O=C1c2cccnc2CN1Cc1c(F)cc(-c2ccc3nn(I)cc3c2)cc1F. The van der Waals surface area contributed by atoms with Crippen LogP contribution in [0.5, 0.6) is 0 Å². The van der Waals surface area contributed by atoms with E-state index in [0.717, 1.165) is 10.9 Å². The Morgan fingerprint density at radius 2 is 1.86 bits per heavy atom. The van der Waals surface area contributed by atoms with Gasteiger partial charge in [-0.15, -0.1) is 0 Å². The van der Waals surface area contributed by atoms with Crippen LogP contribution in [0.1, 0.15) is 21.6 Å². The zero-order valence-corrected chi connectivity index (χ0v) is 17.1. The van der Waals surface area contributed by atoms with Crippen molar-refractivity contribution in [1.82, 2.24) is 17.9 Å². The molecule has 0 fully saturated rings. The van der Waals surface area contributed by atoms with Crippen molar-refractivity contribution in [3.63, 3.8) is 0 Å². The zero-order valence-electron chi connectivity index (χ0n) is 14.9. The fourth-order valence-corrected chi connectivity index (χ4v) is 4.13. The van der Waals surface area contributed by atoms with Gasteiger partial charge in [0.2, 0.25) is 0 Å². The quantitative estimate of drug-likeness (QED) is 0.381. The Hall–Kier alpha value is -2.88. The maximum Gasteiger partial charge on any atom is 0.256 e. The third kappa shape index (κ3) is 3.17. The molecule has 0 saturated heterocycles. The number of halogens is 3. The zero-order chi connectivity index (χ0) is 20.1. The second-order valence-electron chi connectivity index (χ2n) is 6.87. The molecule has 2 aromatic carbocycles. The van der Waals surface area contributed by atoms with E-state index in [2.05, 4.69) is 10.1 Å². The van der Waals surface area contributed by atoms with Crippen molar-refractivity contribution in [2.24, 2.45) is 0 Å². The number of hydrogen-bond donors (Lipinski definition) is 0. The Morgan fingerprint density at radius 3 is 2.62 bits per heavy atom. The molecule has 1 amide bonds. The number of amides is 1. The second kappa shape index (κ2) is 6.87. The molecule has 144 valence electrons. The van der Waals surface area contributed by atoms with E-state index in [1.807, 2.05) is 41.2 Å². The average molecular weight is 502 g/mol. The third-order valence-electron chi connectivity index (χ3n) is 5.05. The number of carbonyl (C=O) groups is 1. The number of pyridine rings is 1. The monoisotopic (exact) mass is 502 g/mol. The average Bonchev–Trinajstić information content (AvgIpc) is 3.23. The van der Waals surface area contributed by atoms with Crippen LogP contribution in [0, 0.1) is 11.6 Å². The van der Waals surface area contributed by atoms with Gasteiger partial charge in [-0.25, -0.2) is 11.7 Å². The highest BCUT2D eigenvalue weighted by Crippen LogP contribution is 2.29. The second-order valence-corrected chi connectivity index (χ2v) is 7.86. The standard InChI is InChI=1S/C21H13F2IN4O/c22-17-7-13(12-3-4-19-14(6-12)9-28(24)26-19)8-18(23)16(17)10-27-11-20-15(21(27)29)2-1-5-25-20/h1-9H,10-11H2. The van der Waals surface area contributed by atoms with E-state index in [1.54, 1.807) is 27.3 Å². The van der Waals surface area contributed by atoms with E-state index in [4.69, 9.17) is 0 Å². The number of carbonyl (C=O) groups excluding carboxylic acids is 1. The Morgan fingerprint density at radius 1 is 1.07 bits per heavy atom. The molecule has 1 aliphatic rings. The molecule has 29 heavy (non-hydrogen) atoms. The maximum atomic E-state index is 14.8. The van der Waals surface area contributed by atoms with Crippen molar-refractivity contribution in [2.45, 2.75) is 13.1 Å². The highest BCUT2D eigenvalue weighted by atomic mass is 127. The van der Waals surface area contributed by atoms with Crippen molar-refractivity contribution in [2.75, 3.05) is 0 Å². The topological polar surface area (TPSA) is 51.0 Å². The minimum absolute atomic E-state index is 0.129. The molecule has 5 nitrogen and oxygen atoms in total. The van der Waals surface area contributed by atoms with Gasteiger partial charge in [0.1, 0.15) is 11.6 Å². The summed E-state index contributed by atoms with van der Waals surface area (Å²) in [4.78, 5) is 18.0. The van der Waals surface area contributed by atoms with E-state index in [-0.39, 0.29) is 24.6 Å². The minimum Gasteiger partial charge on any atom is -0.328 e. The van der Waals surface area contributed by atoms with Gasteiger partial charge in [-0.2, -0.15) is 5.10 Å². The van der Waals surface area contributed by atoms with E-state index < -0.39 is 11.6 Å². The molecule has 0 bridgehead atoms. The van der Waals surface area contributed by atoms with Crippen molar-refractivity contribution >= 4 is 39.7 Å². The van der Waals surface area contributed by atoms with Gasteiger partial charge in [0.15, 0.2) is 0 Å². The Balaban J connectivity index is 1.46. The van der Waals surface area contributed by atoms with Gasteiger partial charge in [-0.3, -0.25) is 9.78 Å². The van der Waals surface area contributed by atoms with E-state index in [9.17, 15) is 13.6 Å². The fourth-order valence-electron chi connectivity index (χ4n) is 3.60. The third-order valence-corrected chi connectivity index (χ3v) is 5.54. The summed E-state index contributed by atoms with van der Waals surface area (Å²) in [5.74, 6) is -1.62. The van der Waals surface area contributed by atoms with Gasteiger partial charge in [0, 0.05) is 23.3 Å². The lowest BCUT2D eigenvalue weighted by Crippen LogP contribution is -2.24. The Labute approximate surface area is 178 Å². The van der Waals surface area contributed by atoms with E-state index >= 15 is 0 Å². The van der Waals surface area contributed by atoms with Crippen LogP contribution in [0.3, 0.4) is 0 Å². The van der Waals surface area contributed by atoms with Gasteiger partial charge < -0.3 is 4.90 Å². The summed E-state index contributed by atoms with van der Waals surface area (Å²) in [5, 5.41) is 5.18. The molecular weight excluding hydrogens is 489 g/mol. The number of fused-ring (bicyclic) bond motifs is 2. The first kappa shape index (κ1) is 18.2. The fraction of sp³-hybridized carbons (Fsp3) is 0.0952. The first-order valence-corrected chi connectivity index (χ1v) is 9.83. The summed E-state index contributed by atoms with van der Waals surface area (Å²) in [6, 6.07) is 11.4. The molecule has 0 aliphatic carbocycles. The van der Waals surface area contributed by atoms with Crippen molar-refractivity contribution < 1.29 is 13.6 Å². The predicted octanol–water partition coefficient (Wildman–Crippen LogP) is 4.73. The first-order valence-electron chi connectivity index (χ1n) is 8.86. The van der Waals surface area contributed by atoms with Crippen molar-refractivity contribution in [3.05, 3.63) is 83.3 Å². The number of benzene rings is 2. The molecule has 0 spiro atoms. The number of hydrogen-bond acceptors (Lipinski definition) is 3. The molecular formula is C21H13F2IN4O. The summed E-state index contributed by atoms with van der Waals surface area (Å²) in [7, 11) is 0. The van der Waals surface area contributed by atoms with Gasteiger partial charge in [-0.05, 0) is 47.5 Å². The molecule has 5 rings (SSSR count). The van der Waals surface area contributed by atoms with Gasteiger partial charge in [0.05, 0.1) is 52.7 Å². The van der Waals surface area contributed by atoms with Crippen LogP contribution >= 0.6 is 22.9 Å². The van der Waals surface area contributed by atoms with E-state index in [0.29, 0.717) is 22.4 Å². The number of rotatable bonds is 3. The Bertz CT molecular complexity index is 1260. The predicted molar refractivity (Wildman–Crippen MR) is 112 cm³/mol. The summed E-state index contributed by atoms with van der Waals surface area (Å²) in [6.45, 7) is 0.0976. The van der Waals surface area contributed by atoms with Gasteiger partial charge in [-0.1, -0.05) is 6.07 Å². The highest BCUT2D eigenvalue weighted by molar-refractivity contribution is 14.1. The minimum atomic E-state index is -0.679. The lowest BCUT2D eigenvalue weighted by molar-refractivity contribution is 0.0763. The lowest BCUT2D eigenvalue weighted by Gasteiger charge is -2.17. The molecule has 8 heteroatoms. The largest absolute Gasteiger partial charge is 0.328 e. The van der Waals surface area contributed by atoms with Crippen molar-refractivity contribution in [3.8, 4) is 11.1 Å². The molecule has 4 aromatic rings. The van der Waals surface area contributed by atoms with Crippen LogP contribution in [0.4, 0.5) is 8.78 Å². The molecule has 0 N–H and O–H groups in total. The van der Waals surface area contributed by atoms with Crippen LogP contribution in [-0.2, 0) is 13.1 Å². The van der Waals surface area contributed by atoms with Gasteiger partial charge in [0.25, 0.3) is 5.91 Å². The summed E-state index contributed by atoms with van der Waals surface area (Å²) >= 11 is 2.05. The smallest absolute Gasteiger partial charge is 0.256 e. The number of aromatic nitrogens is 3. The maximum absolute atomic E-state index is 14.8. The molecule has 2 aromatic heterocycles. The number of nitrogens with zero attached hydrogens (tertiary/aromatic N) is 4. The molecule has 3 heterocycles. The Kier molecular flexibility index (Phi) is 4.30. The van der Waals surface area contributed by atoms with E-state index in [1.165, 1.54) is 17.0 Å². The van der Waals surface area contributed by atoms with Crippen LogP contribution < -0.4 is 0 Å². The summed E-state index contributed by atoms with van der Waals surface area (Å²) in [6.07, 6.45) is 3.44.